The third-order valence-corrected chi connectivity index (χ3v) is 6.51. The standard InChI is InChI=1S/C25H30BrClN2O3/c1-17-14-22(20(26)15-21(17)27)29(16-18-8-6-5-7-9-18)23(30)19-10-12-28(13-11-19)24(31)32-25(2,3)4/h5-9,14-15,19H,10-13,16H2,1-4H3. The minimum Gasteiger partial charge on any atom is -0.444 e. The highest BCUT2D eigenvalue weighted by molar-refractivity contribution is 9.10. The highest BCUT2D eigenvalue weighted by Gasteiger charge is 2.33. The third kappa shape index (κ3) is 6.26. The Morgan fingerprint density at radius 3 is 2.38 bits per heavy atom. The minimum atomic E-state index is -0.533. The summed E-state index contributed by atoms with van der Waals surface area (Å²) in [4.78, 5) is 29.6. The zero-order valence-electron chi connectivity index (χ0n) is 19.0. The number of hydrogen-bond acceptors (Lipinski definition) is 3. The van der Waals surface area contributed by atoms with Crippen LogP contribution in [0.25, 0.3) is 0 Å². The maximum atomic E-state index is 13.7. The van der Waals surface area contributed by atoms with Crippen molar-refractivity contribution in [2.24, 2.45) is 5.92 Å². The fourth-order valence-corrected chi connectivity index (χ4v) is 4.61. The number of halogens is 2. The lowest BCUT2D eigenvalue weighted by Gasteiger charge is -2.35. The smallest absolute Gasteiger partial charge is 0.410 e. The average molecular weight is 522 g/mol. The number of carbonyl (C=O) groups excluding carboxylic acids is 2. The minimum absolute atomic E-state index is 0.0557. The summed E-state index contributed by atoms with van der Waals surface area (Å²) in [6.45, 7) is 8.98. The van der Waals surface area contributed by atoms with Gasteiger partial charge in [-0.2, -0.15) is 0 Å². The van der Waals surface area contributed by atoms with Gasteiger partial charge in [-0.3, -0.25) is 4.79 Å². The maximum absolute atomic E-state index is 13.7. The molecular weight excluding hydrogens is 492 g/mol. The molecule has 2 aromatic carbocycles. The Bertz CT molecular complexity index is 967. The predicted molar refractivity (Wildman–Crippen MR) is 132 cm³/mol. The second-order valence-corrected chi connectivity index (χ2v) is 10.5. The fraction of sp³-hybridized carbons (Fsp3) is 0.440. The number of nitrogens with zero attached hydrogens (tertiary/aromatic N) is 2. The molecule has 172 valence electrons. The molecule has 0 aliphatic carbocycles. The molecule has 0 atom stereocenters. The van der Waals surface area contributed by atoms with Crippen molar-refractivity contribution in [2.45, 2.75) is 52.7 Å². The van der Waals surface area contributed by atoms with Crippen LogP contribution >= 0.6 is 27.5 Å². The van der Waals surface area contributed by atoms with E-state index in [1.165, 1.54) is 0 Å². The first-order valence-electron chi connectivity index (χ1n) is 10.8. The number of aryl methyl sites for hydroxylation is 1. The number of rotatable bonds is 4. The molecule has 0 N–H and O–H groups in total. The molecule has 0 saturated carbocycles. The molecule has 0 aromatic heterocycles. The molecule has 1 saturated heterocycles. The van der Waals surface area contributed by atoms with Gasteiger partial charge in [-0.15, -0.1) is 0 Å². The topological polar surface area (TPSA) is 49.9 Å². The van der Waals surface area contributed by atoms with Crippen LogP contribution in [-0.4, -0.2) is 35.6 Å². The molecule has 5 nitrogen and oxygen atoms in total. The summed E-state index contributed by atoms with van der Waals surface area (Å²) in [5.41, 5.74) is 2.23. The van der Waals surface area contributed by atoms with E-state index in [4.69, 9.17) is 16.3 Å². The highest BCUT2D eigenvalue weighted by atomic mass is 79.9. The molecule has 2 aromatic rings. The van der Waals surface area contributed by atoms with E-state index in [-0.39, 0.29) is 17.9 Å². The van der Waals surface area contributed by atoms with Crippen molar-refractivity contribution in [3.63, 3.8) is 0 Å². The number of benzene rings is 2. The van der Waals surface area contributed by atoms with Crippen molar-refractivity contribution in [2.75, 3.05) is 18.0 Å². The van der Waals surface area contributed by atoms with Gasteiger partial charge in [-0.25, -0.2) is 4.79 Å². The van der Waals surface area contributed by atoms with Gasteiger partial charge in [-0.1, -0.05) is 41.9 Å². The summed E-state index contributed by atoms with van der Waals surface area (Å²) < 4.78 is 6.26. The first kappa shape index (κ1) is 24.6. The maximum Gasteiger partial charge on any atom is 0.410 e. The summed E-state index contributed by atoms with van der Waals surface area (Å²) in [5.74, 6) is -0.111. The Morgan fingerprint density at radius 1 is 1.16 bits per heavy atom. The van der Waals surface area contributed by atoms with Crippen LogP contribution in [0, 0.1) is 12.8 Å². The van der Waals surface area contributed by atoms with E-state index in [0.717, 1.165) is 21.3 Å². The van der Waals surface area contributed by atoms with Crippen molar-refractivity contribution >= 4 is 45.2 Å². The van der Waals surface area contributed by atoms with Crippen LogP contribution < -0.4 is 4.90 Å². The van der Waals surface area contributed by atoms with Crippen LogP contribution in [-0.2, 0) is 16.1 Å². The molecule has 1 aliphatic rings. The molecular formula is C25H30BrClN2O3. The Morgan fingerprint density at radius 2 is 1.78 bits per heavy atom. The zero-order chi connectivity index (χ0) is 23.5. The zero-order valence-corrected chi connectivity index (χ0v) is 21.4. The van der Waals surface area contributed by atoms with Gasteiger partial charge >= 0.3 is 6.09 Å². The number of carbonyl (C=O) groups is 2. The second kappa shape index (κ2) is 10.3. The van der Waals surface area contributed by atoms with Gasteiger partial charge in [0, 0.05) is 28.5 Å². The molecule has 1 fully saturated rings. The van der Waals surface area contributed by atoms with E-state index in [9.17, 15) is 9.59 Å². The van der Waals surface area contributed by atoms with E-state index < -0.39 is 5.60 Å². The number of ether oxygens (including phenoxy) is 1. The van der Waals surface area contributed by atoms with Crippen LogP contribution in [0.3, 0.4) is 0 Å². The van der Waals surface area contributed by atoms with Gasteiger partial charge in [0.15, 0.2) is 0 Å². The summed E-state index contributed by atoms with van der Waals surface area (Å²) >= 11 is 9.88. The van der Waals surface area contributed by atoms with Gasteiger partial charge in [-0.05, 0) is 79.7 Å². The molecule has 2 amide bonds. The number of piperidine rings is 1. The quantitative estimate of drug-likeness (QED) is 0.456. The SMILES string of the molecule is Cc1cc(N(Cc2ccccc2)C(=O)C2CCN(C(=O)OC(C)(C)C)CC2)c(Br)cc1Cl. The summed E-state index contributed by atoms with van der Waals surface area (Å²) in [6.07, 6.45) is 0.891. The Hall–Kier alpha value is -2.05. The summed E-state index contributed by atoms with van der Waals surface area (Å²) in [5, 5.41) is 0.651. The van der Waals surface area contributed by atoms with Crippen molar-refractivity contribution in [3.8, 4) is 0 Å². The molecule has 0 unspecified atom stereocenters. The summed E-state index contributed by atoms with van der Waals surface area (Å²) in [7, 11) is 0. The largest absolute Gasteiger partial charge is 0.444 e. The van der Waals surface area contributed by atoms with Crippen LogP contribution in [0.1, 0.15) is 44.7 Å². The van der Waals surface area contributed by atoms with Crippen LogP contribution in [0.4, 0.5) is 10.5 Å². The van der Waals surface area contributed by atoms with E-state index >= 15 is 0 Å². The van der Waals surface area contributed by atoms with Crippen LogP contribution in [0.2, 0.25) is 5.02 Å². The van der Waals surface area contributed by atoms with Gasteiger partial charge in [0.1, 0.15) is 5.60 Å². The number of anilines is 1. The number of hydrogen-bond donors (Lipinski definition) is 0. The third-order valence-electron chi connectivity index (χ3n) is 5.46. The van der Waals surface area contributed by atoms with E-state index in [0.29, 0.717) is 37.5 Å². The van der Waals surface area contributed by atoms with Crippen LogP contribution in [0.15, 0.2) is 46.9 Å². The van der Waals surface area contributed by atoms with E-state index in [1.54, 1.807) is 4.90 Å². The Balaban J connectivity index is 1.79. The van der Waals surface area contributed by atoms with Gasteiger partial charge in [0.05, 0.1) is 12.2 Å². The van der Waals surface area contributed by atoms with Crippen molar-refractivity contribution in [3.05, 3.63) is 63.1 Å². The molecule has 1 heterocycles. The average Bonchev–Trinajstić information content (AvgIpc) is 2.74. The fourth-order valence-electron chi connectivity index (χ4n) is 3.75. The molecule has 0 radical (unpaired) electrons. The molecule has 0 bridgehead atoms. The van der Waals surface area contributed by atoms with E-state index in [2.05, 4.69) is 15.9 Å². The predicted octanol–water partition coefficient (Wildman–Crippen LogP) is 6.59. The van der Waals surface area contributed by atoms with Gasteiger partial charge in [0.25, 0.3) is 0 Å². The summed E-state index contributed by atoms with van der Waals surface area (Å²) in [6, 6.07) is 13.7. The normalized spacial score (nSPS) is 14.9. The van der Waals surface area contributed by atoms with Crippen molar-refractivity contribution in [1.82, 2.24) is 4.90 Å². The number of amides is 2. The Kier molecular flexibility index (Phi) is 7.88. The van der Waals surface area contributed by atoms with E-state index in [1.807, 2.05) is 75.1 Å². The Labute approximate surface area is 203 Å². The van der Waals surface area contributed by atoms with Crippen molar-refractivity contribution in [1.29, 1.82) is 0 Å². The lowest BCUT2D eigenvalue weighted by Crippen LogP contribution is -2.45. The first-order valence-corrected chi connectivity index (χ1v) is 12.0. The molecule has 0 spiro atoms. The molecule has 3 rings (SSSR count). The monoisotopic (exact) mass is 520 g/mol. The van der Waals surface area contributed by atoms with Gasteiger partial charge < -0.3 is 14.5 Å². The number of likely N-dealkylation sites (tertiary alicyclic amines) is 1. The first-order chi connectivity index (χ1) is 15.0. The van der Waals surface area contributed by atoms with Crippen LogP contribution in [0.5, 0.6) is 0 Å². The molecule has 7 heteroatoms. The van der Waals surface area contributed by atoms with Crippen molar-refractivity contribution < 1.29 is 14.3 Å². The second-order valence-electron chi connectivity index (χ2n) is 9.20. The lowest BCUT2D eigenvalue weighted by atomic mass is 9.94. The van der Waals surface area contributed by atoms with Gasteiger partial charge in [0.2, 0.25) is 5.91 Å². The lowest BCUT2D eigenvalue weighted by molar-refractivity contribution is -0.124. The molecule has 32 heavy (non-hydrogen) atoms. The highest BCUT2D eigenvalue weighted by Crippen LogP contribution is 2.35. The molecule has 1 aliphatic heterocycles.